The molecule has 0 amide bonds. The number of fused-ring (bicyclic) bond motifs is 1. The topological polar surface area (TPSA) is 28.4 Å². The van der Waals surface area contributed by atoms with Crippen LogP contribution in [-0.2, 0) is 6.54 Å². The molecule has 1 aliphatic rings. The van der Waals surface area contributed by atoms with Crippen molar-refractivity contribution < 1.29 is 4.42 Å². The van der Waals surface area contributed by atoms with Crippen molar-refractivity contribution in [3.63, 3.8) is 0 Å². The van der Waals surface area contributed by atoms with E-state index in [0.717, 1.165) is 25.2 Å². The van der Waals surface area contributed by atoms with Gasteiger partial charge in [-0.15, -0.1) is 0 Å². The maximum atomic E-state index is 5.57. The standard InChI is InChI=1S/C14H18N2O/c1-16(12-6-7-15-8-12)9-11-10-17-14-5-3-2-4-13(11)14/h2-5,10,12,15H,6-9H2,1H3. The molecule has 1 fully saturated rings. The van der Waals surface area contributed by atoms with Gasteiger partial charge >= 0.3 is 0 Å². The van der Waals surface area contributed by atoms with Crippen molar-refractivity contribution >= 4 is 11.0 Å². The average Bonchev–Trinajstić information content (AvgIpc) is 2.98. The molecule has 90 valence electrons. The van der Waals surface area contributed by atoms with Gasteiger partial charge in [-0.25, -0.2) is 0 Å². The fourth-order valence-electron chi connectivity index (χ4n) is 2.57. The number of hydrogen-bond acceptors (Lipinski definition) is 3. The first-order valence-electron chi connectivity index (χ1n) is 6.20. The van der Waals surface area contributed by atoms with E-state index in [4.69, 9.17) is 4.42 Å². The van der Waals surface area contributed by atoms with Gasteiger partial charge in [0.25, 0.3) is 0 Å². The van der Waals surface area contributed by atoms with Gasteiger partial charge in [-0.1, -0.05) is 18.2 Å². The summed E-state index contributed by atoms with van der Waals surface area (Å²) in [6.45, 7) is 3.21. The predicted molar refractivity (Wildman–Crippen MR) is 69.0 cm³/mol. The fourth-order valence-corrected chi connectivity index (χ4v) is 2.57. The first kappa shape index (κ1) is 10.8. The molecule has 3 nitrogen and oxygen atoms in total. The van der Waals surface area contributed by atoms with Crippen molar-refractivity contribution in [2.24, 2.45) is 0 Å². The summed E-state index contributed by atoms with van der Waals surface area (Å²) in [6, 6.07) is 8.90. The molecule has 1 N–H and O–H groups in total. The third-order valence-corrected chi connectivity index (χ3v) is 3.64. The molecular formula is C14H18N2O. The van der Waals surface area contributed by atoms with Crippen molar-refractivity contribution in [3.8, 4) is 0 Å². The van der Waals surface area contributed by atoms with Crippen molar-refractivity contribution in [3.05, 3.63) is 36.1 Å². The lowest BCUT2D eigenvalue weighted by molar-refractivity contribution is 0.249. The maximum absolute atomic E-state index is 5.57. The second-order valence-electron chi connectivity index (χ2n) is 4.82. The summed E-state index contributed by atoms with van der Waals surface area (Å²) in [4.78, 5) is 2.41. The van der Waals surface area contributed by atoms with Gasteiger partial charge in [0.1, 0.15) is 5.58 Å². The summed E-state index contributed by atoms with van der Waals surface area (Å²) in [7, 11) is 2.19. The normalized spacial score (nSPS) is 20.5. The van der Waals surface area contributed by atoms with E-state index >= 15 is 0 Å². The lowest BCUT2D eigenvalue weighted by Crippen LogP contribution is -2.32. The molecule has 1 aromatic heterocycles. The van der Waals surface area contributed by atoms with Crippen LogP contribution < -0.4 is 5.32 Å². The summed E-state index contributed by atoms with van der Waals surface area (Å²) in [5, 5.41) is 4.65. The first-order valence-corrected chi connectivity index (χ1v) is 6.20. The number of para-hydroxylation sites is 1. The van der Waals surface area contributed by atoms with E-state index in [9.17, 15) is 0 Å². The first-order chi connectivity index (χ1) is 8.34. The number of rotatable bonds is 3. The lowest BCUT2D eigenvalue weighted by Gasteiger charge is -2.22. The number of hydrogen-bond donors (Lipinski definition) is 1. The van der Waals surface area contributed by atoms with Crippen LogP contribution >= 0.6 is 0 Å². The third kappa shape index (κ3) is 2.08. The summed E-state index contributed by atoms with van der Waals surface area (Å²) >= 11 is 0. The van der Waals surface area contributed by atoms with Crippen LogP contribution in [0.5, 0.6) is 0 Å². The second kappa shape index (κ2) is 4.51. The van der Waals surface area contributed by atoms with E-state index in [1.54, 1.807) is 0 Å². The average molecular weight is 230 g/mol. The Labute approximate surface area is 101 Å². The van der Waals surface area contributed by atoms with Crippen LogP contribution in [0.15, 0.2) is 34.9 Å². The fraction of sp³-hybridized carbons (Fsp3) is 0.429. The third-order valence-electron chi connectivity index (χ3n) is 3.64. The van der Waals surface area contributed by atoms with E-state index in [0.29, 0.717) is 6.04 Å². The maximum Gasteiger partial charge on any atom is 0.134 e. The van der Waals surface area contributed by atoms with E-state index in [2.05, 4.69) is 29.4 Å². The van der Waals surface area contributed by atoms with Gasteiger partial charge in [-0.05, 0) is 26.1 Å². The lowest BCUT2D eigenvalue weighted by atomic mass is 10.1. The Balaban J connectivity index is 1.80. The predicted octanol–water partition coefficient (Wildman–Crippen LogP) is 2.23. The minimum Gasteiger partial charge on any atom is -0.464 e. The van der Waals surface area contributed by atoms with Crippen molar-refractivity contribution in [1.29, 1.82) is 0 Å². The van der Waals surface area contributed by atoms with E-state index in [1.165, 1.54) is 17.4 Å². The quantitative estimate of drug-likeness (QED) is 0.876. The van der Waals surface area contributed by atoms with E-state index in [-0.39, 0.29) is 0 Å². The number of likely N-dealkylation sites (N-methyl/N-ethyl adjacent to an activating group) is 1. The number of nitrogens with one attached hydrogen (secondary N) is 1. The monoisotopic (exact) mass is 230 g/mol. The summed E-state index contributed by atoms with van der Waals surface area (Å²) in [5.74, 6) is 0. The SMILES string of the molecule is CN(Cc1coc2ccccc12)C1CCNC1. The van der Waals surface area contributed by atoms with Crippen LogP contribution in [0.25, 0.3) is 11.0 Å². The number of nitrogens with zero attached hydrogens (tertiary/aromatic N) is 1. The van der Waals surface area contributed by atoms with Gasteiger partial charge in [0.05, 0.1) is 6.26 Å². The zero-order valence-electron chi connectivity index (χ0n) is 10.1. The van der Waals surface area contributed by atoms with Gasteiger partial charge < -0.3 is 9.73 Å². The van der Waals surface area contributed by atoms with Gasteiger partial charge in [-0.2, -0.15) is 0 Å². The molecule has 1 unspecified atom stereocenters. The minimum absolute atomic E-state index is 0.656. The van der Waals surface area contributed by atoms with E-state index < -0.39 is 0 Å². The molecule has 0 aliphatic carbocycles. The highest BCUT2D eigenvalue weighted by Crippen LogP contribution is 2.22. The molecule has 1 atom stereocenters. The Morgan fingerprint density at radius 2 is 2.29 bits per heavy atom. The highest BCUT2D eigenvalue weighted by atomic mass is 16.3. The Morgan fingerprint density at radius 3 is 3.12 bits per heavy atom. The Hall–Kier alpha value is -1.32. The van der Waals surface area contributed by atoms with Gasteiger partial charge in [0.2, 0.25) is 0 Å². The Morgan fingerprint density at radius 1 is 1.41 bits per heavy atom. The molecular weight excluding hydrogens is 212 g/mol. The zero-order valence-corrected chi connectivity index (χ0v) is 10.1. The molecule has 3 rings (SSSR count). The molecule has 0 saturated carbocycles. The van der Waals surface area contributed by atoms with Crippen LogP contribution in [0.4, 0.5) is 0 Å². The van der Waals surface area contributed by atoms with Crippen LogP contribution in [0.3, 0.4) is 0 Å². The molecule has 2 aromatic rings. The van der Waals surface area contributed by atoms with Gasteiger partial charge in [-0.3, -0.25) is 4.90 Å². The molecule has 0 bridgehead atoms. The van der Waals surface area contributed by atoms with Crippen molar-refractivity contribution in [2.45, 2.75) is 19.0 Å². The molecule has 1 aromatic carbocycles. The van der Waals surface area contributed by atoms with Gasteiger partial charge in [0.15, 0.2) is 0 Å². The van der Waals surface area contributed by atoms with Crippen LogP contribution in [0, 0.1) is 0 Å². The molecule has 2 heterocycles. The largest absolute Gasteiger partial charge is 0.464 e. The molecule has 1 aliphatic heterocycles. The van der Waals surface area contributed by atoms with Crippen LogP contribution in [-0.4, -0.2) is 31.1 Å². The van der Waals surface area contributed by atoms with Crippen molar-refractivity contribution in [2.75, 3.05) is 20.1 Å². The highest BCUT2D eigenvalue weighted by molar-refractivity contribution is 5.80. The minimum atomic E-state index is 0.656. The Kier molecular flexibility index (Phi) is 2.87. The van der Waals surface area contributed by atoms with Crippen LogP contribution in [0.2, 0.25) is 0 Å². The highest BCUT2D eigenvalue weighted by Gasteiger charge is 2.20. The molecule has 1 saturated heterocycles. The smallest absolute Gasteiger partial charge is 0.134 e. The summed E-state index contributed by atoms with van der Waals surface area (Å²) < 4.78 is 5.57. The molecule has 17 heavy (non-hydrogen) atoms. The van der Waals surface area contributed by atoms with Gasteiger partial charge in [0, 0.05) is 30.1 Å². The van der Waals surface area contributed by atoms with E-state index in [1.807, 2.05) is 18.4 Å². The zero-order chi connectivity index (χ0) is 11.7. The molecule has 0 radical (unpaired) electrons. The molecule has 3 heteroatoms. The number of benzene rings is 1. The summed E-state index contributed by atoms with van der Waals surface area (Å²) in [5.41, 5.74) is 2.27. The van der Waals surface area contributed by atoms with Crippen LogP contribution in [0.1, 0.15) is 12.0 Å². The number of furan rings is 1. The summed E-state index contributed by atoms with van der Waals surface area (Å²) in [6.07, 6.45) is 3.13. The Bertz CT molecular complexity index is 500. The molecule has 0 spiro atoms. The van der Waals surface area contributed by atoms with Crippen molar-refractivity contribution in [1.82, 2.24) is 10.2 Å². The second-order valence-corrected chi connectivity index (χ2v) is 4.82.